The van der Waals surface area contributed by atoms with Crippen molar-refractivity contribution in [1.82, 2.24) is 4.90 Å². The summed E-state index contributed by atoms with van der Waals surface area (Å²) >= 11 is 0. The highest BCUT2D eigenvalue weighted by Gasteiger charge is 2.41. The highest BCUT2D eigenvalue weighted by Crippen LogP contribution is 2.38. The third-order valence-corrected chi connectivity index (χ3v) is 5.20. The van der Waals surface area contributed by atoms with Crippen LogP contribution in [0.1, 0.15) is 59.3 Å². The molecule has 19 heavy (non-hydrogen) atoms. The first kappa shape index (κ1) is 15.3. The number of nitrogens with two attached hydrogens (primary N) is 1. The molecule has 1 saturated carbocycles. The molecule has 112 valence electrons. The molecule has 0 spiro atoms. The molecule has 3 nitrogen and oxygen atoms in total. The lowest BCUT2D eigenvalue weighted by Crippen LogP contribution is -2.61. The van der Waals surface area contributed by atoms with Crippen LogP contribution in [-0.2, 0) is 4.74 Å². The molecule has 2 aliphatic rings. The summed E-state index contributed by atoms with van der Waals surface area (Å²) < 4.78 is 5.87. The van der Waals surface area contributed by atoms with Gasteiger partial charge in [0.1, 0.15) is 0 Å². The largest absolute Gasteiger partial charge is 0.373 e. The van der Waals surface area contributed by atoms with Crippen LogP contribution in [0.2, 0.25) is 0 Å². The van der Waals surface area contributed by atoms with E-state index < -0.39 is 0 Å². The van der Waals surface area contributed by atoms with E-state index in [2.05, 4.69) is 25.7 Å². The molecule has 1 saturated heterocycles. The second-order valence-electron chi connectivity index (χ2n) is 6.82. The second kappa shape index (κ2) is 6.55. The van der Waals surface area contributed by atoms with Gasteiger partial charge in [-0.15, -0.1) is 0 Å². The van der Waals surface area contributed by atoms with Crippen LogP contribution in [0.15, 0.2) is 0 Å². The number of rotatable bonds is 4. The molecule has 0 aromatic carbocycles. The summed E-state index contributed by atoms with van der Waals surface area (Å²) in [6.45, 7) is 9.60. The summed E-state index contributed by atoms with van der Waals surface area (Å²) in [6, 6.07) is 0. The van der Waals surface area contributed by atoms with Crippen LogP contribution in [0.25, 0.3) is 0 Å². The van der Waals surface area contributed by atoms with Crippen molar-refractivity contribution in [2.45, 2.75) is 77.0 Å². The summed E-state index contributed by atoms with van der Waals surface area (Å²) in [5.74, 6) is 0.945. The Balaban J connectivity index is 1.99. The second-order valence-corrected chi connectivity index (χ2v) is 6.82. The molecule has 2 atom stereocenters. The van der Waals surface area contributed by atoms with E-state index in [1.165, 1.54) is 38.5 Å². The lowest BCUT2D eigenvalue weighted by Gasteiger charge is -2.51. The zero-order chi connectivity index (χ0) is 13.9. The molecule has 2 rings (SSSR count). The maximum atomic E-state index is 6.20. The van der Waals surface area contributed by atoms with Crippen LogP contribution < -0.4 is 5.73 Å². The van der Waals surface area contributed by atoms with Gasteiger partial charge in [-0.05, 0) is 45.4 Å². The normalized spacial score (nSPS) is 41.4. The molecule has 2 unspecified atom stereocenters. The maximum absolute atomic E-state index is 6.20. The highest BCUT2D eigenvalue weighted by molar-refractivity contribution is 4.98. The van der Waals surface area contributed by atoms with E-state index in [-0.39, 0.29) is 5.54 Å². The summed E-state index contributed by atoms with van der Waals surface area (Å²) in [6.07, 6.45) is 8.72. The minimum Gasteiger partial charge on any atom is -0.373 e. The van der Waals surface area contributed by atoms with Gasteiger partial charge in [0.05, 0.1) is 12.2 Å². The Bertz CT molecular complexity index is 264. The molecule has 0 aromatic rings. The Morgan fingerprint density at radius 3 is 2.21 bits per heavy atom. The van der Waals surface area contributed by atoms with Gasteiger partial charge in [-0.1, -0.05) is 19.8 Å². The number of nitrogens with zero attached hydrogens (tertiary/aromatic N) is 1. The third-order valence-electron chi connectivity index (χ3n) is 5.20. The molecule has 1 heterocycles. The van der Waals surface area contributed by atoms with E-state index in [0.717, 1.165) is 25.6 Å². The lowest BCUT2D eigenvalue weighted by molar-refractivity contribution is -0.110. The van der Waals surface area contributed by atoms with E-state index >= 15 is 0 Å². The fraction of sp³-hybridized carbons (Fsp3) is 1.00. The average molecular weight is 268 g/mol. The molecule has 1 aliphatic heterocycles. The maximum Gasteiger partial charge on any atom is 0.0678 e. The first-order chi connectivity index (χ1) is 9.09. The molecular weight excluding hydrogens is 236 g/mol. The van der Waals surface area contributed by atoms with E-state index in [1.807, 2.05) is 0 Å². The number of hydrogen-bond acceptors (Lipinski definition) is 3. The Morgan fingerprint density at radius 2 is 1.74 bits per heavy atom. The topological polar surface area (TPSA) is 38.5 Å². The summed E-state index contributed by atoms with van der Waals surface area (Å²) in [5.41, 5.74) is 6.46. The fourth-order valence-electron chi connectivity index (χ4n) is 4.13. The van der Waals surface area contributed by atoms with Crippen molar-refractivity contribution in [3.63, 3.8) is 0 Å². The van der Waals surface area contributed by atoms with Crippen molar-refractivity contribution < 1.29 is 4.74 Å². The van der Waals surface area contributed by atoms with Gasteiger partial charge in [-0.25, -0.2) is 0 Å². The van der Waals surface area contributed by atoms with Gasteiger partial charge in [0.25, 0.3) is 0 Å². The zero-order valence-electron chi connectivity index (χ0n) is 13.0. The third kappa shape index (κ3) is 3.50. The predicted molar refractivity (Wildman–Crippen MR) is 80.2 cm³/mol. The molecule has 0 amide bonds. The molecule has 1 aliphatic carbocycles. The molecule has 2 fully saturated rings. The van der Waals surface area contributed by atoms with Gasteiger partial charge < -0.3 is 10.5 Å². The zero-order valence-corrected chi connectivity index (χ0v) is 13.0. The smallest absolute Gasteiger partial charge is 0.0678 e. The standard InChI is InChI=1S/C16H32N2O/c1-4-5-15-6-8-16(12-17,9-7-15)18-10-13(2)19-14(3)11-18/h13-15H,4-12,17H2,1-3H3. The average Bonchev–Trinajstić information content (AvgIpc) is 2.39. The van der Waals surface area contributed by atoms with E-state index in [0.29, 0.717) is 12.2 Å². The molecule has 2 N–H and O–H groups in total. The molecule has 0 aromatic heterocycles. The van der Waals surface area contributed by atoms with Gasteiger partial charge in [-0.3, -0.25) is 4.90 Å². The number of morpholine rings is 1. The Morgan fingerprint density at radius 1 is 1.16 bits per heavy atom. The monoisotopic (exact) mass is 268 g/mol. The van der Waals surface area contributed by atoms with Crippen molar-refractivity contribution in [2.75, 3.05) is 19.6 Å². The van der Waals surface area contributed by atoms with Crippen molar-refractivity contribution >= 4 is 0 Å². The van der Waals surface area contributed by atoms with Crippen LogP contribution in [-0.4, -0.2) is 42.3 Å². The summed E-state index contributed by atoms with van der Waals surface area (Å²) in [7, 11) is 0. The van der Waals surface area contributed by atoms with Crippen LogP contribution in [0.4, 0.5) is 0 Å². The van der Waals surface area contributed by atoms with Gasteiger partial charge in [0.2, 0.25) is 0 Å². The number of hydrogen-bond donors (Lipinski definition) is 1. The minimum absolute atomic E-state index is 0.260. The van der Waals surface area contributed by atoms with Gasteiger partial charge >= 0.3 is 0 Å². The fourth-order valence-corrected chi connectivity index (χ4v) is 4.13. The van der Waals surface area contributed by atoms with Crippen LogP contribution in [0.3, 0.4) is 0 Å². The molecule has 0 bridgehead atoms. The van der Waals surface area contributed by atoms with Gasteiger partial charge in [0.15, 0.2) is 0 Å². The van der Waals surface area contributed by atoms with Crippen molar-refractivity contribution in [2.24, 2.45) is 11.7 Å². The van der Waals surface area contributed by atoms with Crippen molar-refractivity contribution in [3.8, 4) is 0 Å². The Kier molecular flexibility index (Phi) is 5.27. The first-order valence-corrected chi connectivity index (χ1v) is 8.20. The minimum atomic E-state index is 0.260. The van der Waals surface area contributed by atoms with Crippen molar-refractivity contribution in [1.29, 1.82) is 0 Å². The number of ether oxygens (including phenoxy) is 1. The molecule has 0 radical (unpaired) electrons. The van der Waals surface area contributed by atoms with E-state index in [4.69, 9.17) is 10.5 Å². The highest BCUT2D eigenvalue weighted by atomic mass is 16.5. The Hall–Kier alpha value is -0.120. The summed E-state index contributed by atoms with van der Waals surface area (Å²) in [5, 5.41) is 0. The van der Waals surface area contributed by atoms with Crippen LogP contribution >= 0.6 is 0 Å². The lowest BCUT2D eigenvalue weighted by atomic mass is 9.73. The quantitative estimate of drug-likeness (QED) is 0.852. The molecular formula is C16H32N2O. The van der Waals surface area contributed by atoms with Crippen LogP contribution in [0.5, 0.6) is 0 Å². The Labute approximate surface area is 118 Å². The van der Waals surface area contributed by atoms with Crippen molar-refractivity contribution in [3.05, 3.63) is 0 Å². The van der Waals surface area contributed by atoms with Crippen LogP contribution in [0, 0.1) is 5.92 Å². The molecule has 3 heteroatoms. The summed E-state index contributed by atoms with van der Waals surface area (Å²) in [4.78, 5) is 2.65. The first-order valence-electron chi connectivity index (χ1n) is 8.20. The van der Waals surface area contributed by atoms with E-state index in [9.17, 15) is 0 Å². The SMILES string of the molecule is CCCC1CCC(CN)(N2CC(C)OC(C)C2)CC1. The van der Waals surface area contributed by atoms with E-state index in [1.54, 1.807) is 0 Å². The van der Waals surface area contributed by atoms with Gasteiger partial charge in [-0.2, -0.15) is 0 Å². The van der Waals surface area contributed by atoms with Gasteiger partial charge in [0, 0.05) is 25.2 Å². The predicted octanol–water partition coefficient (Wildman–Crippen LogP) is 2.78.